The highest BCUT2D eigenvalue weighted by Gasteiger charge is 2.43. The lowest BCUT2D eigenvalue weighted by molar-refractivity contribution is -0.149. The van der Waals surface area contributed by atoms with Crippen molar-refractivity contribution >= 4 is 18.2 Å². The van der Waals surface area contributed by atoms with Crippen LogP contribution in [0.1, 0.15) is 6.92 Å². The van der Waals surface area contributed by atoms with Crippen molar-refractivity contribution in [2.24, 2.45) is 4.99 Å². The molecule has 0 spiro atoms. The first kappa shape index (κ1) is 19.9. The minimum Gasteiger partial charge on any atom is -0.478 e. The summed E-state index contributed by atoms with van der Waals surface area (Å²) in [6.45, 7) is 0.552. The van der Waals surface area contributed by atoms with Crippen LogP contribution < -0.4 is 10.6 Å². The lowest BCUT2D eigenvalue weighted by Gasteiger charge is -2.40. The second-order valence-corrected chi connectivity index (χ2v) is 5.15. The first-order chi connectivity index (χ1) is 11.3. The lowest BCUT2D eigenvalue weighted by atomic mass is 9.92. The molecule has 24 heavy (non-hydrogen) atoms. The Morgan fingerprint density at radius 1 is 1.50 bits per heavy atom. The van der Waals surface area contributed by atoms with E-state index in [1.54, 1.807) is 0 Å². The Morgan fingerprint density at radius 3 is 2.67 bits per heavy atom. The number of aliphatic hydroxyl groups is 3. The van der Waals surface area contributed by atoms with Crippen LogP contribution in [0.2, 0.25) is 0 Å². The summed E-state index contributed by atoms with van der Waals surface area (Å²) in [5, 5.41) is 34.4. The van der Waals surface area contributed by atoms with Crippen LogP contribution in [0.5, 0.6) is 0 Å². The molecule has 5 atom stereocenters. The van der Waals surface area contributed by atoms with Crippen LogP contribution >= 0.6 is 0 Å². The van der Waals surface area contributed by atoms with E-state index in [2.05, 4.69) is 20.4 Å². The standard InChI is InChI=1S/C14H23N3O7/c1-7(19)17-11-8(16-6-15-2)4-10(14(22)23-3)24-13(11)12(21)9(20)5-18/h4,6,8-9,11-13,18,20-21H,5H2,1-3H3,(H,15,16)(H,17,19)/t8-,9+,11+,12+,13+/m0/s1. The predicted octanol–water partition coefficient (Wildman–Crippen LogP) is -2.72. The molecule has 0 aromatic rings. The highest BCUT2D eigenvalue weighted by molar-refractivity contribution is 5.86. The van der Waals surface area contributed by atoms with Gasteiger partial charge in [0.25, 0.3) is 0 Å². The summed E-state index contributed by atoms with van der Waals surface area (Å²) in [6, 6.07) is -1.52. The van der Waals surface area contributed by atoms with E-state index >= 15 is 0 Å². The van der Waals surface area contributed by atoms with Gasteiger partial charge in [0, 0.05) is 14.0 Å². The summed E-state index contributed by atoms with van der Waals surface area (Å²) < 4.78 is 10.0. The number of nitrogens with one attached hydrogen (secondary N) is 2. The first-order valence-electron chi connectivity index (χ1n) is 7.23. The van der Waals surface area contributed by atoms with E-state index < -0.39 is 48.9 Å². The fourth-order valence-electron chi connectivity index (χ4n) is 2.28. The van der Waals surface area contributed by atoms with Crippen molar-refractivity contribution < 1.29 is 34.4 Å². The van der Waals surface area contributed by atoms with Gasteiger partial charge in [-0.2, -0.15) is 0 Å². The van der Waals surface area contributed by atoms with Crippen LogP contribution in [0, 0.1) is 0 Å². The molecule has 0 aromatic carbocycles. The summed E-state index contributed by atoms with van der Waals surface area (Å²) in [7, 11) is 2.68. The van der Waals surface area contributed by atoms with Crippen LogP contribution in [0.4, 0.5) is 0 Å². The van der Waals surface area contributed by atoms with E-state index in [4.69, 9.17) is 9.84 Å². The van der Waals surface area contributed by atoms with Crippen molar-refractivity contribution in [2.45, 2.75) is 37.3 Å². The summed E-state index contributed by atoms with van der Waals surface area (Å²) in [5.41, 5.74) is 0. The minimum atomic E-state index is -1.57. The van der Waals surface area contributed by atoms with Gasteiger partial charge in [-0.3, -0.25) is 9.79 Å². The number of rotatable bonds is 7. The molecule has 0 aliphatic carbocycles. The number of ether oxygens (including phenoxy) is 2. The van der Waals surface area contributed by atoms with Crippen LogP contribution in [0.15, 0.2) is 16.8 Å². The molecule has 0 bridgehead atoms. The van der Waals surface area contributed by atoms with Gasteiger partial charge in [-0.25, -0.2) is 4.79 Å². The monoisotopic (exact) mass is 345 g/mol. The van der Waals surface area contributed by atoms with Gasteiger partial charge in [0.15, 0.2) is 0 Å². The molecule has 0 aromatic heterocycles. The Hall–Kier alpha value is -2.17. The maximum absolute atomic E-state index is 11.8. The molecule has 1 rings (SSSR count). The number of aliphatic hydroxyl groups excluding tert-OH is 3. The molecule has 1 amide bonds. The number of amides is 1. The number of hydrogen-bond acceptors (Lipinski definition) is 8. The third kappa shape index (κ3) is 4.91. The zero-order chi connectivity index (χ0) is 18.3. The van der Waals surface area contributed by atoms with Crippen molar-refractivity contribution in [2.75, 3.05) is 20.8 Å². The van der Waals surface area contributed by atoms with Gasteiger partial charge >= 0.3 is 5.97 Å². The largest absolute Gasteiger partial charge is 0.478 e. The highest BCUT2D eigenvalue weighted by Crippen LogP contribution is 2.23. The van der Waals surface area contributed by atoms with Gasteiger partial charge in [-0.1, -0.05) is 0 Å². The van der Waals surface area contributed by atoms with E-state index in [0.29, 0.717) is 0 Å². The summed E-state index contributed by atoms with van der Waals surface area (Å²) in [4.78, 5) is 27.0. The van der Waals surface area contributed by atoms with Gasteiger partial charge in [0.1, 0.15) is 18.3 Å². The van der Waals surface area contributed by atoms with Crippen LogP contribution in [0.3, 0.4) is 0 Å². The molecule has 0 fully saturated rings. The number of aliphatic imine (C=N–C) groups is 1. The van der Waals surface area contributed by atoms with Gasteiger partial charge in [0.2, 0.25) is 11.7 Å². The second kappa shape index (κ2) is 9.21. The summed E-state index contributed by atoms with van der Waals surface area (Å²) >= 11 is 0. The molecule has 0 unspecified atom stereocenters. The number of methoxy groups -OCH3 is 1. The molecule has 0 saturated carbocycles. The van der Waals surface area contributed by atoms with Crippen molar-refractivity contribution in [3.63, 3.8) is 0 Å². The molecule has 1 aliphatic heterocycles. The lowest BCUT2D eigenvalue weighted by Crippen LogP contribution is -2.62. The average molecular weight is 345 g/mol. The third-order valence-electron chi connectivity index (χ3n) is 3.41. The Morgan fingerprint density at radius 2 is 2.17 bits per heavy atom. The normalized spacial score (nSPS) is 26.1. The average Bonchev–Trinajstić information content (AvgIpc) is 2.57. The SMILES string of the molecule is CN=CN[C@H]1C=C(C(=O)OC)O[C@@H]([C@H](O)[C@H](O)CO)[C@@H]1NC(C)=O. The fourth-order valence-corrected chi connectivity index (χ4v) is 2.28. The van der Waals surface area contributed by atoms with Crippen LogP contribution in [-0.2, 0) is 19.1 Å². The van der Waals surface area contributed by atoms with E-state index in [9.17, 15) is 19.8 Å². The molecule has 0 saturated heterocycles. The predicted molar refractivity (Wildman–Crippen MR) is 83.0 cm³/mol. The van der Waals surface area contributed by atoms with Gasteiger partial charge in [0.05, 0.1) is 32.1 Å². The van der Waals surface area contributed by atoms with E-state index in [0.717, 1.165) is 7.11 Å². The van der Waals surface area contributed by atoms with Crippen LogP contribution in [-0.4, -0.2) is 84.7 Å². The molecule has 0 radical (unpaired) electrons. The van der Waals surface area contributed by atoms with E-state index in [1.165, 1.54) is 26.4 Å². The quantitative estimate of drug-likeness (QED) is 0.190. The maximum Gasteiger partial charge on any atom is 0.373 e. The molecule has 136 valence electrons. The number of esters is 1. The highest BCUT2D eigenvalue weighted by atomic mass is 16.6. The minimum absolute atomic E-state index is 0.199. The molecule has 1 aliphatic rings. The Balaban J connectivity index is 3.22. The van der Waals surface area contributed by atoms with Gasteiger partial charge in [-0.05, 0) is 6.08 Å². The summed E-state index contributed by atoms with van der Waals surface area (Å²) in [5.74, 6) is -1.39. The van der Waals surface area contributed by atoms with Gasteiger partial charge in [-0.15, -0.1) is 0 Å². The number of carbonyl (C=O) groups is 2. The number of nitrogens with zero attached hydrogens (tertiary/aromatic N) is 1. The molecule has 1 heterocycles. The molecule has 5 N–H and O–H groups in total. The fraction of sp³-hybridized carbons (Fsp3) is 0.643. The van der Waals surface area contributed by atoms with E-state index in [1.807, 2.05) is 0 Å². The summed E-state index contributed by atoms with van der Waals surface area (Å²) in [6.07, 6.45) is -1.57. The Bertz CT molecular complexity index is 509. The Kier molecular flexibility index (Phi) is 7.62. The number of carbonyl (C=O) groups excluding carboxylic acids is 2. The number of hydrogen-bond donors (Lipinski definition) is 5. The van der Waals surface area contributed by atoms with Crippen molar-refractivity contribution in [1.82, 2.24) is 10.6 Å². The second-order valence-electron chi connectivity index (χ2n) is 5.15. The topological polar surface area (TPSA) is 150 Å². The van der Waals surface area contributed by atoms with E-state index in [-0.39, 0.29) is 5.76 Å². The van der Waals surface area contributed by atoms with Gasteiger partial charge < -0.3 is 35.4 Å². The maximum atomic E-state index is 11.8. The molecular weight excluding hydrogens is 322 g/mol. The first-order valence-corrected chi connectivity index (χ1v) is 7.23. The zero-order valence-corrected chi connectivity index (χ0v) is 13.7. The third-order valence-corrected chi connectivity index (χ3v) is 3.41. The molecule has 10 nitrogen and oxygen atoms in total. The smallest absolute Gasteiger partial charge is 0.373 e. The molecule has 10 heteroatoms. The zero-order valence-electron chi connectivity index (χ0n) is 13.7. The van der Waals surface area contributed by atoms with Crippen molar-refractivity contribution in [1.29, 1.82) is 0 Å². The Labute approximate surface area is 139 Å². The van der Waals surface area contributed by atoms with Crippen LogP contribution in [0.25, 0.3) is 0 Å². The van der Waals surface area contributed by atoms with Crippen molar-refractivity contribution in [3.8, 4) is 0 Å². The van der Waals surface area contributed by atoms with Crippen molar-refractivity contribution in [3.05, 3.63) is 11.8 Å². The molecular formula is C14H23N3O7.